The number of nitrogens with zero attached hydrogens (tertiary/aromatic N) is 1. The molecular weight excluding hydrogens is 336 g/mol. The van der Waals surface area contributed by atoms with Crippen LogP contribution in [0.3, 0.4) is 0 Å². The largest absolute Gasteiger partial charge is 0.377 e. The number of carbonyl (C=O) groups is 1. The number of carbonyl (C=O) groups excluding carboxylic acids is 1. The van der Waals surface area contributed by atoms with Gasteiger partial charge in [0.2, 0.25) is 5.91 Å². The van der Waals surface area contributed by atoms with Gasteiger partial charge in [0.05, 0.1) is 17.7 Å². The van der Waals surface area contributed by atoms with Crippen molar-refractivity contribution >= 4 is 23.0 Å². The van der Waals surface area contributed by atoms with E-state index in [1.807, 2.05) is 0 Å². The molecule has 0 saturated carbocycles. The molecule has 1 fully saturated rings. The molecular formula is C13H28N6O4S. The van der Waals surface area contributed by atoms with Gasteiger partial charge in [-0.25, -0.2) is 9.71 Å². The lowest BCUT2D eigenvalue weighted by Gasteiger charge is -2.43. The van der Waals surface area contributed by atoms with Gasteiger partial charge in [-0.3, -0.25) is 10.1 Å². The zero-order valence-corrected chi connectivity index (χ0v) is 15.1. The van der Waals surface area contributed by atoms with Crippen molar-refractivity contribution in [1.82, 2.24) is 15.4 Å². The summed E-state index contributed by atoms with van der Waals surface area (Å²) in [5.74, 6) is -0.314. The maximum Gasteiger partial charge on any atom is 0.258 e. The summed E-state index contributed by atoms with van der Waals surface area (Å²) in [7, 11) is 0. The Labute approximate surface area is 145 Å². The van der Waals surface area contributed by atoms with Crippen LogP contribution in [0, 0.1) is 0 Å². The van der Waals surface area contributed by atoms with E-state index >= 15 is 0 Å². The monoisotopic (exact) mass is 364 g/mol. The molecule has 1 rings (SSSR count). The van der Waals surface area contributed by atoms with Gasteiger partial charge in [0.1, 0.15) is 6.23 Å². The van der Waals surface area contributed by atoms with Gasteiger partial charge >= 0.3 is 0 Å². The molecule has 0 aliphatic carbocycles. The van der Waals surface area contributed by atoms with Crippen molar-refractivity contribution in [2.24, 2.45) is 16.5 Å². The minimum absolute atomic E-state index is 0.0246. The summed E-state index contributed by atoms with van der Waals surface area (Å²) >= 11 is 0.901. The number of amides is 1. The molecule has 0 bridgehead atoms. The number of aliphatic imine (C=N–C) groups is 1. The highest BCUT2D eigenvalue weighted by molar-refractivity contribution is 8.12. The molecule has 5 atom stereocenters. The minimum atomic E-state index is -1.38. The van der Waals surface area contributed by atoms with Gasteiger partial charge in [-0.2, -0.15) is 0 Å². The second kappa shape index (κ2) is 8.94. The normalized spacial score (nSPS) is 27.3. The van der Waals surface area contributed by atoms with Crippen LogP contribution in [0.15, 0.2) is 4.99 Å². The van der Waals surface area contributed by atoms with Crippen LogP contribution in [-0.2, 0) is 9.53 Å². The molecule has 0 aromatic carbocycles. The minimum Gasteiger partial charge on any atom is -0.377 e. The van der Waals surface area contributed by atoms with Gasteiger partial charge in [0, 0.05) is 12.6 Å². The zero-order chi connectivity index (χ0) is 18.5. The van der Waals surface area contributed by atoms with E-state index in [2.05, 4.69) is 20.3 Å². The summed E-state index contributed by atoms with van der Waals surface area (Å²) in [6, 6.07) is -1.18. The fourth-order valence-corrected chi connectivity index (χ4v) is 2.44. The molecule has 1 unspecified atom stereocenters. The van der Waals surface area contributed by atoms with Crippen molar-refractivity contribution in [3.63, 3.8) is 0 Å². The van der Waals surface area contributed by atoms with Crippen molar-refractivity contribution in [1.29, 1.82) is 0 Å². The molecule has 11 heteroatoms. The lowest BCUT2D eigenvalue weighted by atomic mass is 9.97. The van der Waals surface area contributed by atoms with Gasteiger partial charge in [-0.1, -0.05) is 0 Å². The Morgan fingerprint density at radius 3 is 2.62 bits per heavy atom. The quantitative estimate of drug-likeness (QED) is 0.114. The third-order valence-electron chi connectivity index (χ3n) is 3.15. The summed E-state index contributed by atoms with van der Waals surface area (Å²) < 4.78 is 7.99. The van der Waals surface area contributed by atoms with Crippen LogP contribution in [0.25, 0.3) is 0 Å². The number of nitrogens with two attached hydrogens (primary N) is 2. The average molecular weight is 364 g/mol. The summed E-state index contributed by atoms with van der Waals surface area (Å²) in [6.07, 6.45) is -2.19. The highest BCUT2D eigenvalue weighted by atomic mass is 32.2. The smallest absolute Gasteiger partial charge is 0.258 e. The number of aliphatic hydroxyl groups is 2. The van der Waals surface area contributed by atoms with E-state index in [9.17, 15) is 15.0 Å². The number of aliphatic hydroxyl groups excluding tert-OH is 2. The molecule has 0 aromatic rings. The molecule has 1 aliphatic heterocycles. The van der Waals surface area contributed by atoms with E-state index < -0.39 is 30.3 Å². The number of hydrogen-bond donors (Lipinski definition) is 7. The first-order valence-electron chi connectivity index (χ1n) is 7.59. The third-order valence-corrected chi connectivity index (χ3v) is 3.94. The van der Waals surface area contributed by atoms with Crippen LogP contribution < -0.4 is 26.8 Å². The Balaban J connectivity index is 2.39. The molecule has 0 radical (unpaired) electrons. The Hall–Kier alpha value is -0.950. The second-order valence-corrected chi connectivity index (χ2v) is 7.31. The van der Waals surface area contributed by atoms with E-state index in [1.165, 1.54) is 0 Å². The maximum absolute atomic E-state index is 12.1. The van der Waals surface area contributed by atoms with Gasteiger partial charge in [-0.15, -0.1) is 0 Å². The number of hydrogen-bond acceptors (Lipinski definition) is 9. The van der Waals surface area contributed by atoms with E-state index in [-0.39, 0.29) is 17.1 Å². The van der Waals surface area contributed by atoms with Gasteiger partial charge in [0.25, 0.3) is 6.41 Å². The summed E-state index contributed by atoms with van der Waals surface area (Å²) in [6.45, 7) is 7.27. The second-order valence-electron chi connectivity index (χ2n) is 6.45. The average Bonchev–Trinajstić information content (AvgIpc) is 2.45. The molecule has 0 aromatic heterocycles. The van der Waals surface area contributed by atoms with Gasteiger partial charge < -0.3 is 31.7 Å². The van der Waals surface area contributed by atoms with Crippen molar-refractivity contribution in [2.45, 2.75) is 64.1 Å². The number of amidine groups is 1. The fraction of sp³-hybridized carbons (Fsp3) is 0.846. The molecule has 10 nitrogen and oxygen atoms in total. The SMILES string of the molecule is CC(NSC(N)=N[C@H](O)OC(C)(C)C)C(=O)N[C@@H]1[C@H](O)N[C@@H]1CN. The van der Waals surface area contributed by atoms with Crippen molar-refractivity contribution in [3.8, 4) is 0 Å². The Morgan fingerprint density at radius 2 is 2.12 bits per heavy atom. The van der Waals surface area contributed by atoms with Crippen LogP contribution in [0.5, 0.6) is 0 Å². The van der Waals surface area contributed by atoms with E-state index in [0.717, 1.165) is 11.9 Å². The first-order valence-corrected chi connectivity index (χ1v) is 8.41. The standard InChI is InChI=1S/C13H28N6O4S/c1-6(9(20)17-8-7(5-14)16-10(8)21)19-24-11(15)18-12(22)23-13(2,3)4/h6-8,10,12,16,19,21-22H,5,14H2,1-4H3,(H2,15,18)(H,17,20)/t6?,7-,8+,10+,12-/m1/s1. The number of nitrogens with one attached hydrogen (secondary N) is 3. The third kappa shape index (κ3) is 6.89. The summed E-state index contributed by atoms with van der Waals surface area (Å²) in [4.78, 5) is 15.8. The Bertz CT molecular complexity index is 458. The molecule has 1 saturated heterocycles. The molecule has 140 valence electrons. The van der Waals surface area contributed by atoms with Gasteiger partial charge in [-0.05, 0) is 39.6 Å². The molecule has 1 heterocycles. The van der Waals surface area contributed by atoms with Crippen LogP contribution >= 0.6 is 11.9 Å². The topological polar surface area (TPSA) is 167 Å². The number of ether oxygens (including phenoxy) is 1. The molecule has 1 amide bonds. The zero-order valence-electron chi connectivity index (χ0n) is 14.3. The molecule has 24 heavy (non-hydrogen) atoms. The van der Waals surface area contributed by atoms with Crippen molar-refractivity contribution in [3.05, 3.63) is 0 Å². The fourth-order valence-electron chi connectivity index (χ4n) is 1.89. The predicted octanol–water partition coefficient (Wildman–Crippen LogP) is -2.25. The van der Waals surface area contributed by atoms with Crippen LogP contribution in [-0.4, -0.2) is 64.2 Å². The summed E-state index contributed by atoms with van der Waals surface area (Å²) in [5, 5.41) is 24.7. The van der Waals surface area contributed by atoms with Gasteiger partial charge in [0.15, 0.2) is 5.17 Å². The van der Waals surface area contributed by atoms with E-state index in [1.54, 1.807) is 27.7 Å². The lowest BCUT2D eigenvalue weighted by molar-refractivity contribution is -0.159. The first-order chi connectivity index (χ1) is 11.0. The number of rotatable bonds is 7. The molecule has 1 aliphatic rings. The van der Waals surface area contributed by atoms with Crippen LogP contribution in [0.4, 0.5) is 0 Å². The predicted molar refractivity (Wildman–Crippen MR) is 92.6 cm³/mol. The van der Waals surface area contributed by atoms with E-state index in [0.29, 0.717) is 6.54 Å². The molecule has 0 spiro atoms. The maximum atomic E-state index is 12.1. The highest BCUT2D eigenvalue weighted by Crippen LogP contribution is 2.12. The Kier molecular flexibility index (Phi) is 7.86. The van der Waals surface area contributed by atoms with E-state index in [4.69, 9.17) is 16.2 Å². The van der Waals surface area contributed by atoms with Crippen molar-refractivity contribution in [2.75, 3.05) is 6.54 Å². The van der Waals surface area contributed by atoms with Crippen LogP contribution in [0.2, 0.25) is 0 Å². The first kappa shape index (κ1) is 21.1. The Morgan fingerprint density at radius 1 is 1.50 bits per heavy atom. The lowest BCUT2D eigenvalue weighted by Crippen LogP contribution is -2.74. The molecule has 9 N–H and O–H groups in total. The van der Waals surface area contributed by atoms with Crippen LogP contribution in [0.1, 0.15) is 27.7 Å². The highest BCUT2D eigenvalue weighted by Gasteiger charge is 2.39. The summed E-state index contributed by atoms with van der Waals surface area (Å²) in [5.41, 5.74) is 10.6. The van der Waals surface area contributed by atoms with Crippen molar-refractivity contribution < 1.29 is 19.7 Å².